The van der Waals surface area contributed by atoms with Gasteiger partial charge in [-0.1, -0.05) is 19.4 Å². The molecule has 0 N–H and O–H groups in total. The molecule has 0 unspecified atom stereocenters. The predicted molar refractivity (Wildman–Crippen MR) is 45.3 cm³/mol. The number of carbonyl (C=O) groups is 1. The second kappa shape index (κ2) is 5.96. The second-order valence-corrected chi connectivity index (χ2v) is 2.62. The van der Waals surface area contributed by atoms with Gasteiger partial charge in [0.05, 0.1) is 0 Å². The highest BCUT2D eigenvalue weighted by atomic mass is 16.5. The summed E-state index contributed by atoms with van der Waals surface area (Å²) in [6.07, 6.45) is 4.30. The molecule has 0 aliphatic heterocycles. The fourth-order valence-corrected chi connectivity index (χ4v) is 0.665. The molecule has 0 aliphatic carbocycles. The van der Waals surface area contributed by atoms with Crippen LogP contribution >= 0.6 is 0 Å². The lowest BCUT2D eigenvalue weighted by atomic mass is 10.2. The minimum Gasteiger partial charge on any atom is -0.461 e. The molecule has 0 amide bonds. The van der Waals surface area contributed by atoms with E-state index in [-0.39, 0.29) is 5.97 Å². The van der Waals surface area contributed by atoms with Crippen LogP contribution in [0.5, 0.6) is 0 Å². The van der Waals surface area contributed by atoms with Crippen molar-refractivity contribution in [2.24, 2.45) is 0 Å². The van der Waals surface area contributed by atoms with Crippen LogP contribution in [0.2, 0.25) is 0 Å². The van der Waals surface area contributed by atoms with E-state index >= 15 is 0 Å². The van der Waals surface area contributed by atoms with Crippen molar-refractivity contribution in [3.63, 3.8) is 0 Å². The summed E-state index contributed by atoms with van der Waals surface area (Å²) in [7, 11) is 0. The van der Waals surface area contributed by atoms with Crippen LogP contribution in [0.4, 0.5) is 0 Å². The highest BCUT2D eigenvalue weighted by Gasteiger charge is 1.92. The number of hydrogen-bond donors (Lipinski definition) is 0. The SMILES string of the molecule is CCCC=C(C)COC(C)=O. The molecule has 64 valence electrons. The van der Waals surface area contributed by atoms with Crippen LogP contribution in [0.3, 0.4) is 0 Å². The summed E-state index contributed by atoms with van der Waals surface area (Å²) in [6, 6.07) is 0. The van der Waals surface area contributed by atoms with Crippen molar-refractivity contribution >= 4 is 5.97 Å². The highest BCUT2D eigenvalue weighted by molar-refractivity contribution is 5.66. The Morgan fingerprint density at radius 2 is 2.09 bits per heavy atom. The molecule has 0 aromatic heterocycles. The minimum atomic E-state index is -0.214. The maximum absolute atomic E-state index is 10.4. The standard InChI is InChI=1S/C9H16O2/c1-4-5-6-8(2)7-11-9(3)10/h6H,4-5,7H2,1-3H3. The Bertz CT molecular complexity index is 148. The number of carbonyl (C=O) groups excluding carboxylic acids is 1. The third-order valence-electron chi connectivity index (χ3n) is 1.28. The first-order chi connectivity index (χ1) is 5.16. The molecule has 0 atom stereocenters. The molecule has 0 aromatic rings. The van der Waals surface area contributed by atoms with Gasteiger partial charge in [0.1, 0.15) is 6.61 Å². The zero-order valence-electron chi connectivity index (χ0n) is 7.52. The van der Waals surface area contributed by atoms with Gasteiger partial charge in [0.15, 0.2) is 0 Å². The average molecular weight is 156 g/mol. The van der Waals surface area contributed by atoms with Gasteiger partial charge in [-0.05, 0) is 18.9 Å². The zero-order chi connectivity index (χ0) is 8.69. The van der Waals surface area contributed by atoms with Crippen LogP contribution in [0.25, 0.3) is 0 Å². The summed E-state index contributed by atoms with van der Waals surface area (Å²) in [5.41, 5.74) is 1.13. The molecule has 0 bridgehead atoms. The molecule has 0 rings (SSSR count). The maximum atomic E-state index is 10.4. The lowest BCUT2D eigenvalue weighted by Crippen LogP contribution is -2.01. The van der Waals surface area contributed by atoms with E-state index in [0.717, 1.165) is 18.4 Å². The van der Waals surface area contributed by atoms with Crippen molar-refractivity contribution in [2.75, 3.05) is 6.61 Å². The molecule has 0 aliphatic rings. The van der Waals surface area contributed by atoms with Crippen molar-refractivity contribution in [1.29, 1.82) is 0 Å². The van der Waals surface area contributed by atoms with Gasteiger partial charge in [-0.3, -0.25) is 4.79 Å². The summed E-state index contributed by atoms with van der Waals surface area (Å²) in [5, 5.41) is 0. The number of hydrogen-bond acceptors (Lipinski definition) is 2. The molecule has 0 saturated heterocycles. The number of unbranched alkanes of at least 4 members (excludes halogenated alkanes) is 1. The molecular weight excluding hydrogens is 140 g/mol. The Morgan fingerprint density at radius 1 is 1.45 bits per heavy atom. The van der Waals surface area contributed by atoms with E-state index in [1.807, 2.05) is 6.92 Å². The summed E-state index contributed by atoms with van der Waals surface area (Å²) >= 11 is 0. The van der Waals surface area contributed by atoms with Crippen LogP contribution in [0.1, 0.15) is 33.6 Å². The molecule has 0 radical (unpaired) electrons. The first-order valence-corrected chi connectivity index (χ1v) is 3.95. The summed E-state index contributed by atoms with van der Waals surface area (Å²) in [5.74, 6) is -0.214. The molecule has 11 heavy (non-hydrogen) atoms. The molecule has 0 aromatic carbocycles. The number of rotatable bonds is 4. The van der Waals surface area contributed by atoms with Crippen molar-refractivity contribution in [3.05, 3.63) is 11.6 Å². The fourth-order valence-electron chi connectivity index (χ4n) is 0.665. The van der Waals surface area contributed by atoms with Crippen LogP contribution in [0, 0.1) is 0 Å². The molecular formula is C9H16O2. The average Bonchev–Trinajstić information content (AvgIpc) is 1.97. The quantitative estimate of drug-likeness (QED) is 0.461. The van der Waals surface area contributed by atoms with Gasteiger partial charge in [-0.15, -0.1) is 0 Å². The van der Waals surface area contributed by atoms with Crippen LogP contribution in [-0.4, -0.2) is 12.6 Å². The van der Waals surface area contributed by atoms with E-state index in [2.05, 4.69) is 13.0 Å². The number of ether oxygens (including phenoxy) is 1. The lowest BCUT2D eigenvalue weighted by Gasteiger charge is -2.00. The van der Waals surface area contributed by atoms with Crippen molar-refractivity contribution in [2.45, 2.75) is 33.6 Å². The largest absolute Gasteiger partial charge is 0.461 e. The Kier molecular flexibility index (Phi) is 5.53. The molecule has 0 heterocycles. The van der Waals surface area contributed by atoms with E-state index in [1.54, 1.807) is 0 Å². The van der Waals surface area contributed by atoms with E-state index in [1.165, 1.54) is 6.92 Å². The van der Waals surface area contributed by atoms with Gasteiger partial charge < -0.3 is 4.74 Å². The molecule has 2 nitrogen and oxygen atoms in total. The van der Waals surface area contributed by atoms with Crippen LogP contribution in [-0.2, 0) is 9.53 Å². The van der Waals surface area contributed by atoms with Crippen LogP contribution in [0.15, 0.2) is 11.6 Å². The highest BCUT2D eigenvalue weighted by Crippen LogP contribution is 1.98. The van der Waals surface area contributed by atoms with E-state index in [4.69, 9.17) is 4.74 Å². The lowest BCUT2D eigenvalue weighted by molar-refractivity contribution is -0.139. The monoisotopic (exact) mass is 156 g/mol. The van der Waals surface area contributed by atoms with Gasteiger partial charge in [0, 0.05) is 6.92 Å². The summed E-state index contributed by atoms with van der Waals surface area (Å²) in [4.78, 5) is 10.4. The molecule has 0 saturated carbocycles. The minimum absolute atomic E-state index is 0.214. The first-order valence-electron chi connectivity index (χ1n) is 3.95. The van der Waals surface area contributed by atoms with E-state index < -0.39 is 0 Å². The Balaban J connectivity index is 3.50. The molecule has 0 spiro atoms. The van der Waals surface area contributed by atoms with Gasteiger partial charge in [0.25, 0.3) is 0 Å². The number of allylic oxidation sites excluding steroid dienone is 1. The van der Waals surface area contributed by atoms with Gasteiger partial charge >= 0.3 is 5.97 Å². The Morgan fingerprint density at radius 3 is 2.55 bits per heavy atom. The van der Waals surface area contributed by atoms with Crippen molar-refractivity contribution in [3.8, 4) is 0 Å². The van der Waals surface area contributed by atoms with Crippen molar-refractivity contribution < 1.29 is 9.53 Å². The third kappa shape index (κ3) is 7.10. The summed E-state index contributed by atoms with van der Waals surface area (Å²) in [6.45, 7) is 5.96. The van der Waals surface area contributed by atoms with Gasteiger partial charge in [-0.25, -0.2) is 0 Å². The maximum Gasteiger partial charge on any atom is 0.302 e. The Labute approximate surface area is 68.2 Å². The number of esters is 1. The zero-order valence-corrected chi connectivity index (χ0v) is 7.52. The van der Waals surface area contributed by atoms with Crippen molar-refractivity contribution in [1.82, 2.24) is 0 Å². The normalized spacial score (nSPS) is 11.4. The predicted octanol–water partition coefficient (Wildman–Crippen LogP) is 2.30. The summed E-state index contributed by atoms with van der Waals surface area (Å²) < 4.78 is 4.79. The van der Waals surface area contributed by atoms with E-state index in [9.17, 15) is 4.79 Å². The molecule has 2 heteroatoms. The fraction of sp³-hybridized carbons (Fsp3) is 0.667. The molecule has 0 fully saturated rings. The van der Waals surface area contributed by atoms with E-state index in [0.29, 0.717) is 6.61 Å². The smallest absolute Gasteiger partial charge is 0.302 e. The Hall–Kier alpha value is -0.790. The topological polar surface area (TPSA) is 26.3 Å². The third-order valence-corrected chi connectivity index (χ3v) is 1.28. The van der Waals surface area contributed by atoms with Gasteiger partial charge in [0.2, 0.25) is 0 Å². The second-order valence-electron chi connectivity index (χ2n) is 2.62. The van der Waals surface area contributed by atoms with Crippen LogP contribution < -0.4 is 0 Å². The van der Waals surface area contributed by atoms with Gasteiger partial charge in [-0.2, -0.15) is 0 Å². The first kappa shape index (κ1) is 10.2.